The molecular formula is C21H20N2O3S. The summed E-state index contributed by atoms with van der Waals surface area (Å²) in [7, 11) is 1.62. The van der Waals surface area contributed by atoms with Gasteiger partial charge in [-0.3, -0.25) is 9.78 Å². The van der Waals surface area contributed by atoms with Crippen molar-refractivity contribution < 1.29 is 14.6 Å². The van der Waals surface area contributed by atoms with Crippen LogP contribution in [-0.2, 0) is 11.4 Å². The number of rotatable bonds is 7. The molecule has 0 aliphatic rings. The number of aliphatic hydroxyl groups is 1. The molecule has 0 aliphatic heterocycles. The number of ether oxygens (including phenoxy) is 1. The molecule has 3 aromatic rings. The lowest BCUT2D eigenvalue weighted by Gasteiger charge is -2.19. The van der Waals surface area contributed by atoms with Gasteiger partial charge in [-0.05, 0) is 58.5 Å². The summed E-state index contributed by atoms with van der Waals surface area (Å²) in [6.07, 6.45) is 6.66. The van der Waals surface area contributed by atoms with Crippen molar-refractivity contribution in [3.8, 4) is 5.75 Å². The van der Waals surface area contributed by atoms with Crippen LogP contribution in [-0.4, -0.2) is 23.1 Å². The van der Waals surface area contributed by atoms with Crippen LogP contribution in [0.5, 0.6) is 5.75 Å². The number of amides is 1. The Labute approximate surface area is 162 Å². The summed E-state index contributed by atoms with van der Waals surface area (Å²) in [5, 5.41) is 14.0. The van der Waals surface area contributed by atoms with E-state index >= 15 is 0 Å². The number of pyridine rings is 1. The van der Waals surface area contributed by atoms with Crippen LogP contribution in [0.3, 0.4) is 0 Å². The smallest absolute Gasteiger partial charge is 0.244 e. The van der Waals surface area contributed by atoms with E-state index in [0.29, 0.717) is 0 Å². The zero-order chi connectivity index (χ0) is 19.1. The molecule has 0 fully saturated rings. The number of methoxy groups -OCH3 is 1. The predicted molar refractivity (Wildman–Crippen MR) is 106 cm³/mol. The van der Waals surface area contributed by atoms with Crippen LogP contribution in [0.4, 0.5) is 0 Å². The van der Waals surface area contributed by atoms with E-state index in [4.69, 9.17) is 9.84 Å². The minimum atomic E-state index is -0.299. The Morgan fingerprint density at radius 3 is 2.56 bits per heavy atom. The van der Waals surface area contributed by atoms with Crippen molar-refractivity contribution in [2.24, 2.45) is 0 Å². The summed E-state index contributed by atoms with van der Waals surface area (Å²) in [6.45, 7) is -0.00186. The molecule has 0 saturated carbocycles. The largest absolute Gasteiger partial charge is 0.497 e. The number of thiophene rings is 1. The van der Waals surface area contributed by atoms with Gasteiger partial charge in [0.2, 0.25) is 5.91 Å². The monoisotopic (exact) mass is 380 g/mol. The first-order chi connectivity index (χ1) is 13.2. The predicted octanol–water partition coefficient (Wildman–Crippen LogP) is 3.56. The molecule has 0 aliphatic carbocycles. The summed E-state index contributed by atoms with van der Waals surface area (Å²) in [4.78, 5) is 17.5. The fourth-order valence-electron chi connectivity index (χ4n) is 2.62. The number of nitrogens with zero attached hydrogens (tertiary/aromatic N) is 1. The second-order valence-electron chi connectivity index (χ2n) is 5.84. The number of aliphatic hydroxyl groups excluding tert-OH is 1. The van der Waals surface area contributed by atoms with Crippen LogP contribution in [0.1, 0.15) is 27.6 Å². The number of aromatic nitrogens is 1. The molecule has 0 bridgehead atoms. The molecule has 1 unspecified atom stereocenters. The van der Waals surface area contributed by atoms with Gasteiger partial charge in [0.25, 0.3) is 0 Å². The minimum absolute atomic E-state index is 0.00186. The number of benzene rings is 1. The number of hydrogen-bond donors (Lipinski definition) is 2. The molecule has 0 saturated heterocycles. The van der Waals surface area contributed by atoms with Gasteiger partial charge in [-0.2, -0.15) is 0 Å². The molecule has 1 atom stereocenters. The van der Waals surface area contributed by atoms with Crippen LogP contribution in [0.15, 0.2) is 66.3 Å². The van der Waals surface area contributed by atoms with Crippen molar-refractivity contribution in [1.82, 2.24) is 10.3 Å². The van der Waals surface area contributed by atoms with Gasteiger partial charge in [0, 0.05) is 23.3 Å². The summed E-state index contributed by atoms with van der Waals surface area (Å²) in [5.74, 6) is 0.558. The lowest BCUT2D eigenvalue weighted by molar-refractivity contribution is -0.116. The lowest BCUT2D eigenvalue weighted by Crippen LogP contribution is -2.27. The van der Waals surface area contributed by atoms with E-state index in [0.717, 1.165) is 27.3 Å². The standard InChI is InChI=1S/C21H20N2O3S/c1-26-18-4-2-16(3-5-18)21(17-8-10-22-11-9-17)23-20(25)7-6-19-12-15(13-24)14-27-19/h2-12,14,21,24H,13H2,1H3,(H,23,25). The average molecular weight is 380 g/mol. The maximum Gasteiger partial charge on any atom is 0.244 e. The van der Waals surface area contributed by atoms with Crippen LogP contribution >= 0.6 is 11.3 Å². The van der Waals surface area contributed by atoms with Crippen molar-refractivity contribution in [2.75, 3.05) is 7.11 Å². The third-order valence-corrected chi connectivity index (χ3v) is 4.98. The number of nitrogens with one attached hydrogen (secondary N) is 1. The second-order valence-corrected chi connectivity index (χ2v) is 6.79. The van der Waals surface area contributed by atoms with Crippen molar-refractivity contribution in [2.45, 2.75) is 12.6 Å². The molecule has 138 valence electrons. The summed E-state index contributed by atoms with van der Waals surface area (Å²) in [6, 6.07) is 12.9. The Balaban J connectivity index is 1.79. The van der Waals surface area contributed by atoms with Crippen molar-refractivity contribution in [3.05, 3.63) is 87.9 Å². The van der Waals surface area contributed by atoms with Gasteiger partial charge in [0.1, 0.15) is 5.75 Å². The van der Waals surface area contributed by atoms with Crippen LogP contribution < -0.4 is 10.1 Å². The van der Waals surface area contributed by atoms with Crippen LogP contribution in [0, 0.1) is 0 Å². The van der Waals surface area contributed by atoms with E-state index in [1.54, 1.807) is 25.6 Å². The van der Waals surface area contributed by atoms with E-state index in [1.165, 1.54) is 17.4 Å². The highest BCUT2D eigenvalue weighted by Gasteiger charge is 2.16. The van der Waals surface area contributed by atoms with Crippen LogP contribution in [0.25, 0.3) is 6.08 Å². The highest BCUT2D eigenvalue weighted by atomic mass is 32.1. The Bertz CT molecular complexity index is 905. The Kier molecular flexibility index (Phi) is 6.35. The zero-order valence-electron chi connectivity index (χ0n) is 14.8. The molecule has 2 N–H and O–H groups in total. The molecule has 6 heteroatoms. The van der Waals surface area contributed by atoms with Crippen molar-refractivity contribution >= 4 is 23.3 Å². The van der Waals surface area contributed by atoms with E-state index in [-0.39, 0.29) is 18.6 Å². The summed E-state index contributed by atoms with van der Waals surface area (Å²) < 4.78 is 5.21. The highest BCUT2D eigenvalue weighted by Crippen LogP contribution is 2.24. The average Bonchev–Trinajstić information content (AvgIpc) is 3.19. The first kappa shape index (κ1) is 18.8. The van der Waals surface area contributed by atoms with Gasteiger partial charge in [0.15, 0.2) is 0 Å². The van der Waals surface area contributed by atoms with E-state index < -0.39 is 0 Å². The molecule has 27 heavy (non-hydrogen) atoms. The second kappa shape index (κ2) is 9.12. The maximum atomic E-state index is 12.5. The van der Waals surface area contributed by atoms with Gasteiger partial charge < -0.3 is 15.2 Å². The molecule has 0 radical (unpaired) electrons. The maximum absolute atomic E-state index is 12.5. The van der Waals surface area contributed by atoms with E-state index in [1.807, 2.05) is 47.8 Å². The normalized spacial score (nSPS) is 12.1. The topological polar surface area (TPSA) is 71.5 Å². The van der Waals surface area contributed by atoms with E-state index in [2.05, 4.69) is 10.3 Å². The third-order valence-electron chi connectivity index (χ3n) is 4.03. The van der Waals surface area contributed by atoms with Gasteiger partial charge in [-0.1, -0.05) is 12.1 Å². The van der Waals surface area contributed by atoms with Gasteiger partial charge >= 0.3 is 0 Å². The number of carbonyl (C=O) groups is 1. The lowest BCUT2D eigenvalue weighted by atomic mass is 9.99. The Hall–Kier alpha value is -2.96. The zero-order valence-corrected chi connectivity index (χ0v) is 15.6. The van der Waals surface area contributed by atoms with Crippen LogP contribution in [0.2, 0.25) is 0 Å². The van der Waals surface area contributed by atoms with E-state index in [9.17, 15) is 4.79 Å². The summed E-state index contributed by atoms with van der Waals surface area (Å²) in [5.41, 5.74) is 2.73. The molecule has 3 rings (SSSR count). The van der Waals surface area contributed by atoms with Gasteiger partial charge in [0.05, 0.1) is 19.8 Å². The van der Waals surface area contributed by atoms with Crippen molar-refractivity contribution in [1.29, 1.82) is 0 Å². The first-order valence-electron chi connectivity index (χ1n) is 8.40. The Morgan fingerprint density at radius 1 is 1.22 bits per heavy atom. The summed E-state index contributed by atoms with van der Waals surface area (Å²) >= 11 is 1.48. The van der Waals surface area contributed by atoms with Crippen molar-refractivity contribution in [3.63, 3.8) is 0 Å². The molecule has 2 heterocycles. The third kappa shape index (κ3) is 5.03. The molecule has 1 amide bonds. The quantitative estimate of drug-likeness (QED) is 0.615. The minimum Gasteiger partial charge on any atom is -0.497 e. The molecule has 0 spiro atoms. The highest BCUT2D eigenvalue weighted by molar-refractivity contribution is 7.11. The number of hydrogen-bond acceptors (Lipinski definition) is 5. The fraction of sp³-hybridized carbons (Fsp3) is 0.143. The molecule has 2 aromatic heterocycles. The molecule has 5 nitrogen and oxygen atoms in total. The molecule has 1 aromatic carbocycles. The first-order valence-corrected chi connectivity index (χ1v) is 9.28. The fourth-order valence-corrected chi connectivity index (χ4v) is 3.42. The van der Waals surface area contributed by atoms with Gasteiger partial charge in [-0.15, -0.1) is 11.3 Å². The molecular weight excluding hydrogens is 360 g/mol. The van der Waals surface area contributed by atoms with Gasteiger partial charge in [-0.25, -0.2) is 0 Å². The SMILES string of the molecule is COc1ccc(C(NC(=O)C=Cc2cc(CO)cs2)c2ccncc2)cc1. The number of carbonyl (C=O) groups excluding carboxylic acids is 1. The Morgan fingerprint density at radius 2 is 1.93 bits per heavy atom.